The number of hydrogen-bond donors (Lipinski definition) is 0. The van der Waals surface area contributed by atoms with Crippen LogP contribution < -0.4 is 4.74 Å². The predicted molar refractivity (Wildman–Crippen MR) is 138 cm³/mol. The molecule has 0 atom stereocenters. The van der Waals surface area contributed by atoms with E-state index in [-0.39, 0.29) is 24.0 Å². The molecule has 2 aromatic carbocycles. The zero-order valence-electron chi connectivity index (χ0n) is 17.7. The van der Waals surface area contributed by atoms with Crippen molar-refractivity contribution < 1.29 is 19.1 Å². The Bertz CT molecular complexity index is 1180. The van der Waals surface area contributed by atoms with Crippen molar-refractivity contribution in [2.24, 2.45) is 0 Å². The number of thioether (sulfide) groups is 1. The summed E-state index contributed by atoms with van der Waals surface area (Å²) in [5.41, 5.74) is 1.35. The molecule has 0 aliphatic carbocycles. The lowest BCUT2D eigenvalue weighted by atomic mass is 10.2. The van der Waals surface area contributed by atoms with Gasteiger partial charge < -0.3 is 9.64 Å². The largest absolute Gasteiger partial charge is 0.486 e. The van der Waals surface area contributed by atoms with Crippen LogP contribution in [0.5, 0.6) is 5.75 Å². The molecule has 0 saturated carbocycles. The highest BCUT2D eigenvalue weighted by atomic mass is 79.9. The molecule has 0 spiro atoms. The second-order valence-corrected chi connectivity index (χ2v) is 10.8. The zero-order chi connectivity index (χ0) is 24.4. The molecule has 2 saturated heterocycles. The Morgan fingerprint density at radius 3 is 2.50 bits per heavy atom. The quantitative estimate of drug-likeness (QED) is 0.346. The minimum absolute atomic E-state index is 0.178. The average molecular weight is 605 g/mol. The number of likely N-dealkylation sites (tertiary alicyclic amines) is 1. The van der Waals surface area contributed by atoms with E-state index in [4.69, 9.17) is 39.5 Å². The number of rotatable bonds is 6. The Morgan fingerprint density at radius 1 is 1.09 bits per heavy atom. The number of carbonyl (C=O) groups excluding carboxylic acids is 3. The molecule has 0 unspecified atom stereocenters. The molecule has 6 nitrogen and oxygen atoms in total. The number of ether oxygens (including phenoxy) is 1. The normalized spacial score (nSPS) is 17.2. The van der Waals surface area contributed by atoms with Gasteiger partial charge in [0.05, 0.1) is 14.4 Å². The van der Waals surface area contributed by atoms with Crippen LogP contribution in [0.25, 0.3) is 6.08 Å². The van der Waals surface area contributed by atoms with Gasteiger partial charge in [-0.2, -0.15) is 0 Å². The SMILES string of the molecule is O=C(CN1C(=O)S/C(=C/c2cc(Cl)c(OCc3ccc(Cl)cc3Cl)c(Br)c2)C1=O)N1CCCC1. The molecule has 34 heavy (non-hydrogen) atoms. The number of hydrogen-bond acceptors (Lipinski definition) is 5. The first-order chi connectivity index (χ1) is 16.2. The summed E-state index contributed by atoms with van der Waals surface area (Å²) in [5.74, 6) is -0.296. The molecule has 0 bridgehead atoms. The van der Waals surface area contributed by atoms with Gasteiger partial charge in [0.25, 0.3) is 11.1 Å². The van der Waals surface area contributed by atoms with E-state index in [1.807, 2.05) is 0 Å². The van der Waals surface area contributed by atoms with Gasteiger partial charge in [-0.3, -0.25) is 19.3 Å². The summed E-state index contributed by atoms with van der Waals surface area (Å²) in [6.45, 7) is 1.26. The third-order valence-corrected chi connectivity index (χ3v) is 7.70. The number of amides is 3. The van der Waals surface area contributed by atoms with E-state index in [2.05, 4.69) is 15.9 Å². The average Bonchev–Trinajstić information content (AvgIpc) is 3.39. The molecule has 0 N–H and O–H groups in total. The van der Waals surface area contributed by atoms with Crippen LogP contribution >= 0.6 is 62.5 Å². The highest BCUT2D eigenvalue weighted by Crippen LogP contribution is 2.38. The fraction of sp³-hybridized carbons (Fsp3) is 0.261. The summed E-state index contributed by atoms with van der Waals surface area (Å²) >= 11 is 22.8. The van der Waals surface area contributed by atoms with Crippen molar-refractivity contribution in [3.8, 4) is 5.75 Å². The summed E-state index contributed by atoms with van der Waals surface area (Å²) < 4.78 is 6.41. The fourth-order valence-corrected chi connectivity index (χ4v) is 5.87. The summed E-state index contributed by atoms with van der Waals surface area (Å²) in [5, 5.41) is 0.861. The summed E-state index contributed by atoms with van der Waals surface area (Å²) in [7, 11) is 0. The molecule has 2 aliphatic rings. The number of nitrogens with zero attached hydrogens (tertiary/aromatic N) is 2. The molecule has 4 rings (SSSR count). The number of halogens is 4. The number of imide groups is 1. The van der Waals surface area contributed by atoms with Crippen LogP contribution in [0.15, 0.2) is 39.7 Å². The third kappa shape index (κ3) is 5.74. The maximum Gasteiger partial charge on any atom is 0.294 e. The third-order valence-electron chi connectivity index (χ3n) is 5.33. The Kier molecular flexibility index (Phi) is 8.15. The first kappa shape index (κ1) is 25.4. The topological polar surface area (TPSA) is 66.9 Å². The van der Waals surface area contributed by atoms with Crippen molar-refractivity contribution in [3.63, 3.8) is 0 Å². The van der Waals surface area contributed by atoms with Gasteiger partial charge in [0.1, 0.15) is 13.2 Å². The van der Waals surface area contributed by atoms with Gasteiger partial charge in [-0.05, 0) is 76.4 Å². The van der Waals surface area contributed by atoms with Gasteiger partial charge in [0.2, 0.25) is 5.91 Å². The molecule has 2 aliphatic heterocycles. The van der Waals surface area contributed by atoms with Crippen molar-refractivity contribution in [2.45, 2.75) is 19.4 Å². The van der Waals surface area contributed by atoms with E-state index in [9.17, 15) is 14.4 Å². The van der Waals surface area contributed by atoms with Crippen molar-refractivity contribution >= 4 is 85.6 Å². The number of carbonyl (C=O) groups is 3. The molecular formula is C23H18BrCl3N2O4S. The lowest BCUT2D eigenvalue weighted by molar-refractivity contribution is -0.135. The monoisotopic (exact) mass is 602 g/mol. The molecule has 11 heteroatoms. The maximum atomic E-state index is 12.8. The molecule has 0 radical (unpaired) electrons. The maximum absolute atomic E-state index is 12.8. The van der Waals surface area contributed by atoms with Crippen LogP contribution in [0, 0.1) is 0 Å². The zero-order valence-corrected chi connectivity index (χ0v) is 22.3. The Hall–Kier alpha value is -1.71. The fourth-order valence-electron chi connectivity index (χ4n) is 3.58. The van der Waals surface area contributed by atoms with Crippen LogP contribution in [0.2, 0.25) is 15.1 Å². The summed E-state index contributed by atoms with van der Waals surface area (Å²) in [6.07, 6.45) is 3.45. The van der Waals surface area contributed by atoms with Crippen LogP contribution in [-0.2, 0) is 16.2 Å². The Morgan fingerprint density at radius 2 is 1.82 bits per heavy atom. The molecular weight excluding hydrogens is 587 g/mol. The van der Waals surface area contributed by atoms with Crippen molar-refractivity contribution in [2.75, 3.05) is 19.6 Å². The minimum atomic E-state index is -0.493. The smallest absolute Gasteiger partial charge is 0.294 e. The second-order valence-electron chi connectivity index (χ2n) is 7.69. The first-order valence-corrected chi connectivity index (χ1v) is 13.1. The van der Waals surface area contributed by atoms with E-state index in [0.717, 1.165) is 35.1 Å². The molecule has 2 aromatic rings. The van der Waals surface area contributed by atoms with Crippen molar-refractivity contribution in [1.29, 1.82) is 0 Å². The number of benzene rings is 2. The van der Waals surface area contributed by atoms with Crippen molar-refractivity contribution in [3.05, 3.63) is 65.9 Å². The lowest BCUT2D eigenvalue weighted by Gasteiger charge is -2.18. The van der Waals surface area contributed by atoms with E-state index >= 15 is 0 Å². The van der Waals surface area contributed by atoms with Gasteiger partial charge in [0, 0.05) is 28.7 Å². The summed E-state index contributed by atoms with van der Waals surface area (Å²) in [4.78, 5) is 40.4. The van der Waals surface area contributed by atoms with Crippen LogP contribution in [0.3, 0.4) is 0 Å². The van der Waals surface area contributed by atoms with Gasteiger partial charge in [-0.25, -0.2) is 0 Å². The molecule has 2 fully saturated rings. The van der Waals surface area contributed by atoms with Crippen LogP contribution in [0.1, 0.15) is 24.0 Å². The van der Waals surface area contributed by atoms with Crippen LogP contribution in [0.4, 0.5) is 4.79 Å². The molecule has 2 heterocycles. The van der Waals surface area contributed by atoms with Gasteiger partial charge in [-0.15, -0.1) is 0 Å². The predicted octanol–water partition coefficient (Wildman–Crippen LogP) is 6.65. The van der Waals surface area contributed by atoms with E-state index < -0.39 is 11.1 Å². The molecule has 0 aromatic heterocycles. The minimum Gasteiger partial charge on any atom is -0.486 e. The van der Waals surface area contributed by atoms with Crippen LogP contribution in [-0.4, -0.2) is 46.5 Å². The Labute approximate surface area is 224 Å². The molecule has 3 amide bonds. The second kappa shape index (κ2) is 10.9. The standard InChI is InChI=1S/C23H18BrCl3N2O4S/c24-16-7-13(8-18(27)21(16)33-12-14-3-4-15(25)10-17(14)26)9-19-22(31)29(23(32)34-19)11-20(30)28-5-1-2-6-28/h3-4,7-10H,1-2,5-6,11-12H2/b19-9+. The highest BCUT2D eigenvalue weighted by molar-refractivity contribution is 9.10. The van der Waals surface area contributed by atoms with E-state index in [1.54, 1.807) is 41.3 Å². The first-order valence-electron chi connectivity index (χ1n) is 10.3. The van der Waals surface area contributed by atoms with Gasteiger partial charge in [-0.1, -0.05) is 40.9 Å². The molecule has 178 valence electrons. The Balaban J connectivity index is 1.46. The van der Waals surface area contributed by atoms with E-state index in [1.165, 1.54) is 0 Å². The lowest BCUT2D eigenvalue weighted by Crippen LogP contribution is -2.40. The van der Waals surface area contributed by atoms with Gasteiger partial charge in [0.15, 0.2) is 5.75 Å². The van der Waals surface area contributed by atoms with Gasteiger partial charge >= 0.3 is 0 Å². The van der Waals surface area contributed by atoms with Crippen molar-refractivity contribution in [1.82, 2.24) is 9.80 Å². The highest BCUT2D eigenvalue weighted by Gasteiger charge is 2.37. The summed E-state index contributed by atoms with van der Waals surface area (Å²) in [6, 6.07) is 8.48. The van der Waals surface area contributed by atoms with E-state index in [0.29, 0.717) is 43.9 Å².